The number of aromatic nitrogens is 2. The van der Waals surface area contributed by atoms with E-state index >= 15 is 0 Å². The van der Waals surface area contributed by atoms with E-state index in [1.54, 1.807) is 6.33 Å². The molecule has 1 aromatic carbocycles. The van der Waals surface area contributed by atoms with Gasteiger partial charge in [-0.3, -0.25) is 0 Å². The zero-order valence-corrected chi connectivity index (χ0v) is 13.3. The molecular weight excluding hydrogens is 260 g/mol. The lowest BCUT2D eigenvalue weighted by atomic mass is 10.0. The van der Waals surface area contributed by atoms with Crippen LogP contribution in [0, 0.1) is 0 Å². The molecule has 0 aliphatic carbocycles. The molecule has 0 aliphatic heterocycles. The van der Waals surface area contributed by atoms with Gasteiger partial charge < -0.3 is 10.6 Å². The van der Waals surface area contributed by atoms with E-state index in [1.807, 2.05) is 0 Å². The molecule has 4 heteroatoms. The first-order chi connectivity index (χ1) is 10.2. The molecule has 0 spiro atoms. The SMILES string of the molecule is CCNc1ncnc(Nc2ccc(CC)cc2)c1C(C)C. The normalized spacial score (nSPS) is 10.7. The molecule has 0 aliphatic rings. The van der Waals surface area contributed by atoms with Crippen LogP contribution in [0.3, 0.4) is 0 Å². The molecule has 0 amide bonds. The van der Waals surface area contributed by atoms with Crippen LogP contribution in [-0.4, -0.2) is 16.5 Å². The molecule has 2 aromatic rings. The van der Waals surface area contributed by atoms with Gasteiger partial charge in [-0.25, -0.2) is 9.97 Å². The summed E-state index contributed by atoms with van der Waals surface area (Å²) >= 11 is 0. The first-order valence-corrected chi connectivity index (χ1v) is 7.60. The predicted molar refractivity (Wildman–Crippen MR) is 89.4 cm³/mol. The molecule has 21 heavy (non-hydrogen) atoms. The topological polar surface area (TPSA) is 49.8 Å². The number of hydrogen-bond donors (Lipinski definition) is 2. The highest BCUT2D eigenvalue weighted by atomic mass is 15.1. The molecule has 0 bridgehead atoms. The molecule has 0 radical (unpaired) electrons. The van der Waals surface area contributed by atoms with Gasteiger partial charge in [0.15, 0.2) is 0 Å². The second-order valence-corrected chi connectivity index (χ2v) is 5.35. The predicted octanol–water partition coefficient (Wildman–Crippen LogP) is 4.34. The van der Waals surface area contributed by atoms with Gasteiger partial charge in [0.05, 0.1) is 0 Å². The van der Waals surface area contributed by atoms with Crippen molar-refractivity contribution in [2.75, 3.05) is 17.2 Å². The Morgan fingerprint density at radius 1 is 1.00 bits per heavy atom. The second-order valence-electron chi connectivity index (χ2n) is 5.35. The van der Waals surface area contributed by atoms with Crippen molar-refractivity contribution < 1.29 is 0 Å². The number of rotatable bonds is 6. The van der Waals surface area contributed by atoms with Crippen LogP contribution in [0.1, 0.15) is 44.7 Å². The Morgan fingerprint density at radius 2 is 1.67 bits per heavy atom. The van der Waals surface area contributed by atoms with E-state index in [2.05, 4.69) is 72.6 Å². The molecule has 2 N–H and O–H groups in total. The summed E-state index contributed by atoms with van der Waals surface area (Å²) in [6.45, 7) is 9.40. The maximum Gasteiger partial charge on any atom is 0.139 e. The third kappa shape index (κ3) is 3.72. The van der Waals surface area contributed by atoms with E-state index in [0.717, 1.165) is 35.9 Å². The summed E-state index contributed by atoms with van der Waals surface area (Å²) in [5, 5.41) is 6.72. The maximum absolute atomic E-state index is 4.42. The van der Waals surface area contributed by atoms with Crippen LogP contribution in [0.5, 0.6) is 0 Å². The molecule has 0 saturated heterocycles. The highest BCUT2D eigenvalue weighted by Gasteiger charge is 2.14. The summed E-state index contributed by atoms with van der Waals surface area (Å²) in [4.78, 5) is 8.78. The Hall–Kier alpha value is -2.10. The van der Waals surface area contributed by atoms with Crippen molar-refractivity contribution in [1.29, 1.82) is 0 Å². The highest BCUT2D eigenvalue weighted by molar-refractivity contribution is 5.66. The number of nitrogens with zero attached hydrogens (tertiary/aromatic N) is 2. The molecule has 0 unspecified atom stereocenters. The van der Waals surface area contributed by atoms with E-state index in [4.69, 9.17) is 0 Å². The van der Waals surface area contributed by atoms with Crippen molar-refractivity contribution >= 4 is 17.3 Å². The standard InChI is InChI=1S/C17H24N4/c1-5-13-7-9-14(10-8-13)21-17-15(12(3)4)16(18-6-2)19-11-20-17/h7-12H,5-6H2,1-4H3,(H2,18,19,20,21). The third-order valence-electron chi connectivity index (χ3n) is 3.43. The molecule has 0 atom stereocenters. The van der Waals surface area contributed by atoms with Gasteiger partial charge in [-0.1, -0.05) is 32.9 Å². The minimum atomic E-state index is 0.345. The fourth-order valence-electron chi connectivity index (χ4n) is 2.31. The molecule has 4 nitrogen and oxygen atoms in total. The number of anilines is 3. The zero-order chi connectivity index (χ0) is 15.2. The molecule has 1 aromatic heterocycles. The molecule has 1 heterocycles. The molecular formula is C17H24N4. The fraction of sp³-hybridized carbons (Fsp3) is 0.412. The van der Waals surface area contributed by atoms with Crippen molar-refractivity contribution in [3.8, 4) is 0 Å². The smallest absolute Gasteiger partial charge is 0.139 e. The van der Waals surface area contributed by atoms with E-state index in [9.17, 15) is 0 Å². The van der Waals surface area contributed by atoms with Crippen LogP contribution in [0.15, 0.2) is 30.6 Å². The van der Waals surface area contributed by atoms with Crippen LogP contribution in [0.2, 0.25) is 0 Å². The third-order valence-corrected chi connectivity index (χ3v) is 3.43. The summed E-state index contributed by atoms with van der Waals surface area (Å²) in [7, 11) is 0. The monoisotopic (exact) mass is 284 g/mol. The Bertz CT molecular complexity index is 576. The number of benzene rings is 1. The quantitative estimate of drug-likeness (QED) is 0.828. The van der Waals surface area contributed by atoms with E-state index < -0.39 is 0 Å². The minimum absolute atomic E-state index is 0.345. The Kier molecular flexibility index (Phi) is 5.14. The summed E-state index contributed by atoms with van der Waals surface area (Å²) < 4.78 is 0. The van der Waals surface area contributed by atoms with Crippen molar-refractivity contribution in [2.45, 2.75) is 40.0 Å². The van der Waals surface area contributed by atoms with E-state index in [0.29, 0.717) is 5.92 Å². The Morgan fingerprint density at radius 3 is 2.24 bits per heavy atom. The van der Waals surface area contributed by atoms with Gasteiger partial charge in [-0.2, -0.15) is 0 Å². The summed E-state index contributed by atoms with van der Waals surface area (Å²) in [6.07, 6.45) is 2.65. The summed E-state index contributed by atoms with van der Waals surface area (Å²) in [5.74, 6) is 2.13. The minimum Gasteiger partial charge on any atom is -0.370 e. The molecule has 2 rings (SSSR count). The number of nitrogens with one attached hydrogen (secondary N) is 2. The van der Waals surface area contributed by atoms with Crippen molar-refractivity contribution in [3.63, 3.8) is 0 Å². The van der Waals surface area contributed by atoms with Gasteiger partial charge in [0.2, 0.25) is 0 Å². The van der Waals surface area contributed by atoms with Crippen LogP contribution < -0.4 is 10.6 Å². The van der Waals surface area contributed by atoms with E-state index in [1.165, 1.54) is 5.56 Å². The fourth-order valence-corrected chi connectivity index (χ4v) is 2.31. The zero-order valence-electron chi connectivity index (χ0n) is 13.3. The van der Waals surface area contributed by atoms with Crippen LogP contribution in [0.4, 0.5) is 17.3 Å². The lowest BCUT2D eigenvalue weighted by Gasteiger charge is -2.17. The van der Waals surface area contributed by atoms with Crippen molar-refractivity contribution in [3.05, 3.63) is 41.7 Å². The average molecular weight is 284 g/mol. The maximum atomic E-state index is 4.42. The molecule has 0 saturated carbocycles. The Balaban J connectivity index is 2.31. The first kappa shape index (κ1) is 15.3. The number of hydrogen-bond acceptors (Lipinski definition) is 4. The van der Waals surface area contributed by atoms with Gasteiger partial charge in [0.1, 0.15) is 18.0 Å². The molecule has 112 valence electrons. The lowest BCUT2D eigenvalue weighted by molar-refractivity contribution is 0.849. The van der Waals surface area contributed by atoms with Crippen LogP contribution in [-0.2, 0) is 6.42 Å². The van der Waals surface area contributed by atoms with Gasteiger partial charge in [-0.15, -0.1) is 0 Å². The largest absolute Gasteiger partial charge is 0.370 e. The Labute approximate surface area is 127 Å². The second kappa shape index (κ2) is 7.07. The highest BCUT2D eigenvalue weighted by Crippen LogP contribution is 2.30. The van der Waals surface area contributed by atoms with Crippen LogP contribution >= 0.6 is 0 Å². The van der Waals surface area contributed by atoms with Crippen molar-refractivity contribution in [2.24, 2.45) is 0 Å². The average Bonchev–Trinajstić information content (AvgIpc) is 2.48. The van der Waals surface area contributed by atoms with Gasteiger partial charge in [0.25, 0.3) is 0 Å². The van der Waals surface area contributed by atoms with Crippen LogP contribution in [0.25, 0.3) is 0 Å². The van der Waals surface area contributed by atoms with Gasteiger partial charge >= 0.3 is 0 Å². The van der Waals surface area contributed by atoms with Crippen molar-refractivity contribution in [1.82, 2.24) is 9.97 Å². The molecule has 0 fully saturated rings. The van der Waals surface area contributed by atoms with Gasteiger partial charge in [-0.05, 0) is 37.0 Å². The number of aryl methyl sites for hydroxylation is 1. The van der Waals surface area contributed by atoms with Gasteiger partial charge in [0, 0.05) is 17.8 Å². The lowest BCUT2D eigenvalue weighted by Crippen LogP contribution is -2.09. The van der Waals surface area contributed by atoms with E-state index in [-0.39, 0.29) is 0 Å². The summed E-state index contributed by atoms with van der Waals surface area (Å²) in [5.41, 5.74) is 3.51. The summed E-state index contributed by atoms with van der Waals surface area (Å²) in [6, 6.07) is 8.48. The first-order valence-electron chi connectivity index (χ1n) is 7.60.